The number of hydrogen-bond acceptors (Lipinski definition) is 4. The van der Waals surface area contributed by atoms with Crippen molar-refractivity contribution in [1.82, 2.24) is 10.6 Å². The Kier molecular flexibility index (Phi) is 8.52. The number of benzene rings is 1. The summed E-state index contributed by atoms with van der Waals surface area (Å²) < 4.78 is 10.8. The van der Waals surface area contributed by atoms with Crippen molar-refractivity contribution in [3.8, 4) is 11.5 Å². The van der Waals surface area contributed by atoms with E-state index in [4.69, 9.17) is 21.1 Å². The molecule has 23 heavy (non-hydrogen) atoms. The Morgan fingerprint density at radius 3 is 2.87 bits per heavy atom. The van der Waals surface area contributed by atoms with Crippen LogP contribution in [-0.4, -0.2) is 32.2 Å². The van der Waals surface area contributed by atoms with Crippen molar-refractivity contribution in [3.63, 3.8) is 0 Å². The first-order valence-corrected chi connectivity index (χ1v) is 8.01. The van der Waals surface area contributed by atoms with Crippen LogP contribution in [0.1, 0.15) is 31.7 Å². The number of carbonyl (C=O) groups excluding carboxylic acids is 1. The summed E-state index contributed by atoms with van der Waals surface area (Å²) in [6, 6.07) is 3.94. The molecule has 0 radical (unpaired) electrons. The highest BCUT2D eigenvalue weighted by Crippen LogP contribution is 2.36. The highest BCUT2D eigenvalue weighted by molar-refractivity contribution is 6.32. The van der Waals surface area contributed by atoms with E-state index in [1.54, 1.807) is 13.2 Å². The normalized spacial score (nSPS) is 16.6. The molecule has 0 spiro atoms. The van der Waals surface area contributed by atoms with Crippen LogP contribution in [0.4, 0.5) is 0 Å². The molecule has 1 amide bonds. The first kappa shape index (κ1) is 19.9. The van der Waals surface area contributed by atoms with Crippen LogP contribution in [0, 0.1) is 0 Å². The van der Waals surface area contributed by atoms with Crippen LogP contribution in [0.2, 0.25) is 5.02 Å². The zero-order valence-corrected chi connectivity index (χ0v) is 15.1. The summed E-state index contributed by atoms with van der Waals surface area (Å²) in [4.78, 5) is 11.9. The Morgan fingerprint density at radius 2 is 2.26 bits per heavy atom. The maximum Gasteiger partial charge on any atom is 0.221 e. The number of amides is 1. The Labute approximate surface area is 148 Å². The molecule has 2 N–H and O–H groups in total. The second-order valence-corrected chi connectivity index (χ2v) is 5.72. The van der Waals surface area contributed by atoms with Gasteiger partial charge in [0, 0.05) is 19.0 Å². The minimum atomic E-state index is 0. The zero-order valence-electron chi connectivity index (χ0n) is 13.5. The van der Waals surface area contributed by atoms with Gasteiger partial charge in [-0.15, -0.1) is 12.4 Å². The molecule has 1 unspecified atom stereocenters. The molecule has 0 aromatic heterocycles. The van der Waals surface area contributed by atoms with Crippen LogP contribution in [0.5, 0.6) is 11.5 Å². The molecule has 1 fully saturated rings. The highest BCUT2D eigenvalue weighted by Gasteiger charge is 2.18. The molecule has 2 rings (SSSR count). The molecule has 1 aliphatic rings. The summed E-state index contributed by atoms with van der Waals surface area (Å²) in [5, 5.41) is 6.73. The van der Waals surface area contributed by atoms with Gasteiger partial charge >= 0.3 is 0 Å². The highest BCUT2D eigenvalue weighted by atomic mass is 35.5. The van der Waals surface area contributed by atoms with Crippen molar-refractivity contribution in [2.24, 2.45) is 0 Å². The van der Waals surface area contributed by atoms with Gasteiger partial charge in [0.1, 0.15) is 0 Å². The Hall–Kier alpha value is -1.17. The molecule has 1 aliphatic heterocycles. The maximum atomic E-state index is 11.9. The standard InChI is InChI=1S/C16H23ClN2O3.ClH/c1-3-22-16-13(17)7-11(8-14(16)21-2)10-19-15(20)9-12-5-4-6-18-12;/h7-8,12,18H,3-6,9-10H2,1-2H3,(H,19,20);1H. The number of hydrogen-bond donors (Lipinski definition) is 2. The molecule has 1 aromatic rings. The quantitative estimate of drug-likeness (QED) is 0.782. The van der Waals surface area contributed by atoms with Crippen molar-refractivity contribution in [3.05, 3.63) is 22.7 Å². The topological polar surface area (TPSA) is 59.6 Å². The van der Waals surface area contributed by atoms with Crippen LogP contribution in [-0.2, 0) is 11.3 Å². The van der Waals surface area contributed by atoms with Gasteiger partial charge in [-0.3, -0.25) is 4.79 Å². The van der Waals surface area contributed by atoms with Gasteiger partial charge in [0.15, 0.2) is 11.5 Å². The summed E-state index contributed by atoms with van der Waals surface area (Å²) in [6.45, 7) is 3.83. The number of ether oxygens (including phenoxy) is 2. The van der Waals surface area contributed by atoms with E-state index >= 15 is 0 Å². The first-order valence-electron chi connectivity index (χ1n) is 7.63. The van der Waals surface area contributed by atoms with E-state index in [2.05, 4.69) is 10.6 Å². The molecule has 0 bridgehead atoms. The van der Waals surface area contributed by atoms with Gasteiger partial charge in [0.05, 0.1) is 18.7 Å². The van der Waals surface area contributed by atoms with Crippen LogP contribution in [0.3, 0.4) is 0 Å². The monoisotopic (exact) mass is 362 g/mol. The van der Waals surface area contributed by atoms with Crippen LogP contribution in [0.25, 0.3) is 0 Å². The van der Waals surface area contributed by atoms with E-state index in [0.29, 0.717) is 42.1 Å². The van der Waals surface area contributed by atoms with Gasteiger partial charge < -0.3 is 20.1 Å². The SMILES string of the molecule is CCOc1c(Cl)cc(CNC(=O)CC2CCCN2)cc1OC.Cl. The van der Waals surface area contributed by atoms with E-state index < -0.39 is 0 Å². The zero-order chi connectivity index (χ0) is 15.9. The molecule has 0 saturated carbocycles. The minimum Gasteiger partial charge on any atom is -0.493 e. The molecule has 130 valence electrons. The van der Waals surface area contributed by atoms with Crippen molar-refractivity contribution in [2.75, 3.05) is 20.3 Å². The van der Waals surface area contributed by atoms with E-state index in [9.17, 15) is 4.79 Å². The van der Waals surface area contributed by atoms with Gasteiger partial charge in [-0.2, -0.15) is 0 Å². The van der Waals surface area contributed by atoms with Gasteiger partial charge in [0.2, 0.25) is 5.91 Å². The van der Waals surface area contributed by atoms with Crippen molar-refractivity contribution in [2.45, 2.75) is 38.8 Å². The van der Waals surface area contributed by atoms with Crippen molar-refractivity contribution < 1.29 is 14.3 Å². The van der Waals surface area contributed by atoms with Crippen LogP contribution in [0.15, 0.2) is 12.1 Å². The lowest BCUT2D eigenvalue weighted by atomic mass is 10.1. The maximum absolute atomic E-state index is 11.9. The summed E-state index contributed by atoms with van der Waals surface area (Å²) in [6.07, 6.45) is 2.72. The molecule has 7 heteroatoms. The first-order chi connectivity index (χ1) is 10.6. The lowest BCUT2D eigenvalue weighted by molar-refractivity contribution is -0.121. The van der Waals surface area contributed by atoms with Crippen LogP contribution < -0.4 is 20.1 Å². The number of carbonyl (C=O) groups is 1. The summed E-state index contributed by atoms with van der Waals surface area (Å²) in [5.74, 6) is 1.16. The molecule has 1 heterocycles. The van der Waals surface area contributed by atoms with E-state index in [0.717, 1.165) is 24.9 Å². The van der Waals surface area contributed by atoms with Gasteiger partial charge in [-0.1, -0.05) is 11.6 Å². The second-order valence-electron chi connectivity index (χ2n) is 5.32. The third-order valence-corrected chi connectivity index (χ3v) is 3.94. The smallest absolute Gasteiger partial charge is 0.221 e. The predicted octanol–water partition coefficient (Wildman–Crippen LogP) is 2.93. The largest absolute Gasteiger partial charge is 0.493 e. The number of methoxy groups -OCH3 is 1. The minimum absolute atomic E-state index is 0. The average molecular weight is 363 g/mol. The molecular formula is C16H24Cl2N2O3. The number of rotatable bonds is 7. The average Bonchev–Trinajstić information content (AvgIpc) is 3.00. The number of halogens is 2. The van der Waals surface area contributed by atoms with E-state index in [1.807, 2.05) is 13.0 Å². The van der Waals surface area contributed by atoms with E-state index in [1.165, 1.54) is 0 Å². The van der Waals surface area contributed by atoms with Gasteiger partial charge in [-0.25, -0.2) is 0 Å². The molecule has 0 aliphatic carbocycles. The van der Waals surface area contributed by atoms with E-state index in [-0.39, 0.29) is 18.3 Å². The van der Waals surface area contributed by atoms with Gasteiger partial charge in [0.25, 0.3) is 0 Å². The lowest BCUT2D eigenvalue weighted by Crippen LogP contribution is -2.31. The Balaban J connectivity index is 0.00000264. The van der Waals surface area contributed by atoms with Crippen molar-refractivity contribution in [1.29, 1.82) is 0 Å². The molecule has 5 nitrogen and oxygen atoms in total. The number of nitrogens with one attached hydrogen (secondary N) is 2. The fraction of sp³-hybridized carbons (Fsp3) is 0.562. The third kappa shape index (κ3) is 5.75. The van der Waals surface area contributed by atoms with Crippen molar-refractivity contribution >= 4 is 29.9 Å². The van der Waals surface area contributed by atoms with Gasteiger partial charge in [-0.05, 0) is 44.0 Å². The molecule has 1 atom stereocenters. The Bertz CT molecular complexity index is 520. The Morgan fingerprint density at radius 1 is 1.48 bits per heavy atom. The summed E-state index contributed by atoms with van der Waals surface area (Å²) in [7, 11) is 1.57. The molecule has 1 saturated heterocycles. The fourth-order valence-corrected chi connectivity index (χ4v) is 2.88. The second kappa shape index (κ2) is 9.85. The third-order valence-electron chi connectivity index (χ3n) is 3.66. The summed E-state index contributed by atoms with van der Waals surface area (Å²) in [5.41, 5.74) is 0.887. The summed E-state index contributed by atoms with van der Waals surface area (Å²) >= 11 is 6.22. The van der Waals surface area contributed by atoms with Crippen LogP contribution >= 0.6 is 24.0 Å². The molecular weight excluding hydrogens is 339 g/mol. The lowest BCUT2D eigenvalue weighted by Gasteiger charge is -2.14. The molecule has 1 aromatic carbocycles. The predicted molar refractivity (Wildman–Crippen MR) is 93.9 cm³/mol. The fourth-order valence-electron chi connectivity index (χ4n) is 2.59.